The molecule has 0 bridgehead atoms. The lowest BCUT2D eigenvalue weighted by Gasteiger charge is -2.22. The third-order valence-electron chi connectivity index (χ3n) is 2.40. The number of rotatable bonds is 2. The highest BCUT2D eigenvalue weighted by molar-refractivity contribution is 7.88. The Bertz CT molecular complexity index is 647. The van der Waals surface area contributed by atoms with Gasteiger partial charge < -0.3 is 9.90 Å². The van der Waals surface area contributed by atoms with Crippen molar-refractivity contribution in [3.05, 3.63) is 47.7 Å². The minimum Gasteiger partial charge on any atom is -0.545 e. The van der Waals surface area contributed by atoms with E-state index < -0.39 is 16.2 Å². The van der Waals surface area contributed by atoms with Crippen LogP contribution in [0.2, 0.25) is 0 Å². The fourth-order valence-corrected chi connectivity index (χ4v) is 2.29. The molecular formula is C11H9N2O4S-. The number of nitrogens with zero attached hydrogens (tertiary/aromatic N) is 2. The van der Waals surface area contributed by atoms with E-state index in [1.165, 1.54) is 7.05 Å². The van der Waals surface area contributed by atoms with Gasteiger partial charge >= 0.3 is 10.2 Å². The fraction of sp³-hybridized carbons (Fsp3) is 0.0909. The summed E-state index contributed by atoms with van der Waals surface area (Å²) in [5.74, 6) is -1.47. The van der Waals surface area contributed by atoms with Gasteiger partial charge in [0.2, 0.25) is 0 Å². The zero-order chi connectivity index (χ0) is 13.3. The smallest absolute Gasteiger partial charge is 0.344 e. The number of hydrogen-bond donors (Lipinski definition) is 0. The molecule has 7 heteroatoms. The molecule has 0 radical (unpaired) electrons. The van der Waals surface area contributed by atoms with Crippen LogP contribution in [0.15, 0.2) is 46.5 Å². The maximum Gasteiger partial charge on any atom is 0.344 e. The summed E-state index contributed by atoms with van der Waals surface area (Å²) in [5.41, 5.74) is 0.0249. The van der Waals surface area contributed by atoms with Crippen molar-refractivity contribution < 1.29 is 18.3 Å². The van der Waals surface area contributed by atoms with Gasteiger partial charge in [-0.1, -0.05) is 30.3 Å². The van der Waals surface area contributed by atoms with Crippen molar-refractivity contribution in [1.29, 1.82) is 0 Å². The zero-order valence-electron chi connectivity index (χ0n) is 9.40. The molecule has 94 valence electrons. The van der Waals surface area contributed by atoms with Crippen molar-refractivity contribution >= 4 is 21.9 Å². The van der Waals surface area contributed by atoms with Gasteiger partial charge in [0.15, 0.2) is 0 Å². The monoisotopic (exact) mass is 265 g/mol. The highest BCUT2D eigenvalue weighted by Crippen LogP contribution is 2.18. The third kappa shape index (κ3) is 2.12. The van der Waals surface area contributed by atoms with Crippen molar-refractivity contribution in [2.45, 2.75) is 0 Å². The number of carbonyl (C=O) groups is 1. The third-order valence-corrected chi connectivity index (χ3v) is 3.65. The van der Waals surface area contributed by atoms with E-state index in [-0.39, 0.29) is 11.3 Å². The Morgan fingerprint density at radius 3 is 2.44 bits per heavy atom. The van der Waals surface area contributed by atoms with Crippen LogP contribution < -0.4 is 5.11 Å². The van der Waals surface area contributed by atoms with Crippen molar-refractivity contribution in [2.24, 2.45) is 4.40 Å². The van der Waals surface area contributed by atoms with E-state index in [0.717, 1.165) is 10.5 Å². The Hall–Kier alpha value is -2.15. The molecule has 0 saturated heterocycles. The molecule has 0 atom stereocenters. The van der Waals surface area contributed by atoms with E-state index in [1.54, 1.807) is 30.3 Å². The quantitative estimate of drug-likeness (QED) is 0.707. The summed E-state index contributed by atoms with van der Waals surface area (Å²) in [7, 11) is -2.66. The average Bonchev–Trinajstić information content (AvgIpc) is 2.33. The fourth-order valence-electron chi connectivity index (χ4n) is 1.49. The van der Waals surface area contributed by atoms with E-state index in [4.69, 9.17) is 0 Å². The molecule has 2 rings (SSSR count). The van der Waals surface area contributed by atoms with Gasteiger partial charge in [-0.2, -0.15) is 8.42 Å². The Morgan fingerprint density at radius 2 is 1.89 bits per heavy atom. The SMILES string of the molecule is CN1C=C(C(=O)[O-])C(c2ccccc2)=NS1(=O)=O. The standard InChI is InChI=1S/C11H10N2O4S/c1-13-7-9(11(14)15)10(12-18(13,16)17)8-5-3-2-4-6-8/h2-7H,1H3,(H,14,15)/p-1. The molecule has 0 aliphatic carbocycles. The molecule has 1 heterocycles. The minimum atomic E-state index is -3.87. The number of hydrogen-bond acceptors (Lipinski definition) is 4. The summed E-state index contributed by atoms with van der Waals surface area (Å²) < 4.78 is 27.5. The van der Waals surface area contributed by atoms with E-state index >= 15 is 0 Å². The number of carboxylic acids is 1. The lowest BCUT2D eigenvalue weighted by molar-refractivity contribution is -0.298. The van der Waals surface area contributed by atoms with Gasteiger partial charge in [-0.3, -0.25) is 4.31 Å². The Kier molecular flexibility index (Phi) is 2.92. The molecule has 18 heavy (non-hydrogen) atoms. The number of carbonyl (C=O) groups excluding carboxylic acids is 1. The van der Waals surface area contributed by atoms with Crippen LogP contribution in [-0.2, 0) is 15.0 Å². The summed E-state index contributed by atoms with van der Waals surface area (Å²) in [5, 5.41) is 11.0. The van der Waals surface area contributed by atoms with Crippen molar-refractivity contribution in [3.63, 3.8) is 0 Å². The number of carboxylic acid groups (broad SMARTS) is 1. The van der Waals surface area contributed by atoms with Crippen LogP contribution >= 0.6 is 0 Å². The molecular weight excluding hydrogens is 256 g/mol. The van der Waals surface area contributed by atoms with Gasteiger partial charge in [0.05, 0.1) is 11.7 Å². The molecule has 1 aliphatic rings. The number of benzene rings is 1. The van der Waals surface area contributed by atoms with Crippen LogP contribution in [0.1, 0.15) is 5.56 Å². The van der Waals surface area contributed by atoms with Gasteiger partial charge in [0.25, 0.3) is 0 Å². The van der Waals surface area contributed by atoms with Crippen LogP contribution in [0.5, 0.6) is 0 Å². The first kappa shape index (κ1) is 12.3. The summed E-state index contributed by atoms with van der Waals surface area (Å²) in [4.78, 5) is 11.0. The Labute approximate surface area is 104 Å². The summed E-state index contributed by atoms with van der Waals surface area (Å²) in [6.45, 7) is 0. The zero-order valence-corrected chi connectivity index (χ0v) is 10.2. The second kappa shape index (κ2) is 4.26. The average molecular weight is 265 g/mol. The first-order valence-electron chi connectivity index (χ1n) is 4.99. The predicted molar refractivity (Wildman–Crippen MR) is 62.8 cm³/mol. The molecule has 0 spiro atoms. The molecule has 0 amide bonds. The van der Waals surface area contributed by atoms with Crippen molar-refractivity contribution in [1.82, 2.24) is 4.31 Å². The molecule has 0 fully saturated rings. The molecule has 1 aromatic carbocycles. The van der Waals surface area contributed by atoms with E-state index in [1.807, 2.05) is 0 Å². The molecule has 0 saturated carbocycles. The molecule has 6 nitrogen and oxygen atoms in total. The van der Waals surface area contributed by atoms with Gasteiger partial charge in [-0.05, 0) is 0 Å². The van der Waals surface area contributed by atoms with E-state index in [2.05, 4.69) is 4.40 Å². The normalized spacial score (nSPS) is 17.9. The first-order valence-corrected chi connectivity index (χ1v) is 6.38. The maximum atomic E-state index is 11.6. The van der Waals surface area contributed by atoms with E-state index in [0.29, 0.717) is 5.56 Å². The van der Waals surface area contributed by atoms with Crippen LogP contribution in [0.25, 0.3) is 0 Å². The van der Waals surface area contributed by atoms with Crippen LogP contribution in [0.3, 0.4) is 0 Å². The van der Waals surface area contributed by atoms with Crippen LogP contribution in [0, 0.1) is 0 Å². The second-order valence-electron chi connectivity index (χ2n) is 3.63. The summed E-state index contributed by atoms with van der Waals surface area (Å²) in [6.07, 6.45) is 0.986. The van der Waals surface area contributed by atoms with Gasteiger partial charge in [0, 0.05) is 24.4 Å². The minimum absolute atomic E-state index is 0.117. The van der Waals surface area contributed by atoms with Crippen molar-refractivity contribution in [3.8, 4) is 0 Å². The van der Waals surface area contributed by atoms with Crippen molar-refractivity contribution in [2.75, 3.05) is 7.05 Å². The molecule has 1 aromatic rings. The lowest BCUT2D eigenvalue weighted by Crippen LogP contribution is -2.35. The Morgan fingerprint density at radius 1 is 1.28 bits per heavy atom. The maximum absolute atomic E-state index is 11.6. The van der Waals surface area contributed by atoms with Gasteiger partial charge in [-0.25, -0.2) is 0 Å². The Balaban J connectivity index is 2.62. The first-order chi connectivity index (χ1) is 8.42. The largest absolute Gasteiger partial charge is 0.545 e. The highest BCUT2D eigenvalue weighted by Gasteiger charge is 2.25. The molecule has 0 unspecified atom stereocenters. The van der Waals surface area contributed by atoms with Crippen LogP contribution in [0.4, 0.5) is 0 Å². The summed E-state index contributed by atoms with van der Waals surface area (Å²) in [6, 6.07) is 8.22. The summed E-state index contributed by atoms with van der Waals surface area (Å²) >= 11 is 0. The highest BCUT2D eigenvalue weighted by atomic mass is 32.2. The molecule has 1 aliphatic heterocycles. The predicted octanol–water partition coefficient (Wildman–Crippen LogP) is -0.700. The second-order valence-corrected chi connectivity index (χ2v) is 5.28. The number of aliphatic carboxylic acids is 1. The topological polar surface area (TPSA) is 89.9 Å². The lowest BCUT2D eigenvalue weighted by atomic mass is 10.0. The van der Waals surface area contributed by atoms with Gasteiger partial charge in [-0.15, -0.1) is 4.40 Å². The molecule has 0 N–H and O–H groups in total. The van der Waals surface area contributed by atoms with Gasteiger partial charge in [0.1, 0.15) is 0 Å². The molecule has 0 aromatic heterocycles. The van der Waals surface area contributed by atoms with Crippen LogP contribution in [-0.4, -0.2) is 31.5 Å². The van der Waals surface area contributed by atoms with E-state index in [9.17, 15) is 18.3 Å².